The molecule has 0 amide bonds. The maximum Gasteiger partial charge on any atom is 0.107 e. The summed E-state index contributed by atoms with van der Waals surface area (Å²) in [4.78, 5) is 2.50. The third kappa shape index (κ3) is 7.46. The maximum atomic E-state index is 6.34. The van der Waals surface area contributed by atoms with Crippen molar-refractivity contribution in [1.29, 1.82) is 0 Å². The number of hydrogen-bond donors (Lipinski definition) is 0. The van der Waals surface area contributed by atoms with Gasteiger partial charge in [-0.1, -0.05) is 69.3 Å². The summed E-state index contributed by atoms with van der Waals surface area (Å²) in [6, 6.07) is 10.5. The quantitative estimate of drug-likeness (QED) is 0.451. The first kappa shape index (κ1) is 20.7. The lowest BCUT2D eigenvalue weighted by Gasteiger charge is -2.24. The molecule has 0 aliphatic carbocycles. The molecule has 134 valence electrons. The second kappa shape index (κ2) is 13.0. The van der Waals surface area contributed by atoms with Crippen LogP contribution < -0.4 is 0 Å². The number of benzene rings is 1. The molecule has 0 saturated carbocycles. The standard InChI is InChI=1S/C22H35NO/c1-5-9-13-20(8-4)22(21-14-11-10-12-15-21)24-19-18-23(16-6-2)17-7-3/h8-15,22H,5-7,16-19H2,1-4H3/b13-9-,20-8+. The van der Waals surface area contributed by atoms with Crippen LogP contribution >= 0.6 is 0 Å². The van der Waals surface area contributed by atoms with E-state index >= 15 is 0 Å². The van der Waals surface area contributed by atoms with Gasteiger partial charge in [0, 0.05) is 6.54 Å². The van der Waals surface area contributed by atoms with E-state index in [0.717, 1.165) is 32.7 Å². The monoisotopic (exact) mass is 329 g/mol. The fraction of sp³-hybridized carbons (Fsp3) is 0.545. The van der Waals surface area contributed by atoms with Crippen molar-refractivity contribution >= 4 is 0 Å². The van der Waals surface area contributed by atoms with Crippen LogP contribution in [0.2, 0.25) is 0 Å². The summed E-state index contributed by atoms with van der Waals surface area (Å²) in [5.41, 5.74) is 2.46. The van der Waals surface area contributed by atoms with E-state index in [1.54, 1.807) is 0 Å². The first-order valence-electron chi connectivity index (χ1n) is 9.48. The van der Waals surface area contributed by atoms with Crippen LogP contribution in [0.1, 0.15) is 58.6 Å². The number of ether oxygens (including phenoxy) is 1. The molecule has 0 saturated heterocycles. The molecule has 0 aliphatic heterocycles. The van der Waals surface area contributed by atoms with Gasteiger partial charge in [-0.2, -0.15) is 0 Å². The molecular weight excluding hydrogens is 294 g/mol. The molecule has 1 rings (SSSR count). The molecule has 1 aromatic rings. The van der Waals surface area contributed by atoms with Gasteiger partial charge >= 0.3 is 0 Å². The molecule has 2 heteroatoms. The lowest BCUT2D eigenvalue weighted by atomic mass is 10.0. The van der Waals surface area contributed by atoms with E-state index in [9.17, 15) is 0 Å². The fourth-order valence-corrected chi connectivity index (χ4v) is 2.87. The zero-order chi connectivity index (χ0) is 17.6. The molecule has 1 aromatic carbocycles. The van der Waals surface area contributed by atoms with E-state index in [1.807, 2.05) is 0 Å². The van der Waals surface area contributed by atoms with Gasteiger partial charge in [0.15, 0.2) is 0 Å². The Hall–Kier alpha value is -1.38. The average molecular weight is 330 g/mol. The van der Waals surface area contributed by atoms with Crippen LogP contribution in [0, 0.1) is 0 Å². The average Bonchev–Trinajstić information content (AvgIpc) is 2.61. The van der Waals surface area contributed by atoms with Gasteiger partial charge < -0.3 is 9.64 Å². The zero-order valence-corrected chi connectivity index (χ0v) is 16.0. The van der Waals surface area contributed by atoms with Gasteiger partial charge in [0.2, 0.25) is 0 Å². The van der Waals surface area contributed by atoms with Crippen molar-refractivity contribution in [3.05, 3.63) is 59.7 Å². The highest BCUT2D eigenvalue weighted by atomic mass is 16.5. The maximum absolute atomic E-state index is 6.34. The Labute approximate surface area is 149 Å². The predicted octanol–water partition coefficient (Wildman–Crippen LogP) is 5.78. The Morgan fingerprint density at radius 1 is 1.04 bits per heavy atom. The van der Waals surface area contributed by atoms with Crippen molar-refractivity contribution in [3.63, 3.8) is 0 Å². The van der Waals surface area contributed by atoms with Gasteiger partial charge in [0.05, 0.1) is 6.61 Å². The molecule has 0 aromatic heterocycles. The fourth-order valence-electron chi connectivity index (χ4n) is 2.87. The van der Waals surface area contributed by atoms with E-state index in [0.29, 0.717) is 0 Å². The molecule has 0 aliphatic rings. The van der Waals surface area contributed by atoms with E-state index in [4.69, 9.17) is 4.74 Å². The normalized spacial score (nSPS) is 13.8. The molecule has 0 radical (unpaired) electrons. The van der Waals surface area contributed by atoms with Crippen molar-refractivity contribution < 1.29 is 4.74 Å². The van der Waals surface area contributed by atoms with Gasteiger partial charge in [-0.3, -0.25) is 0 Å². The topological polar surface area (TPSA) is 12.5 Å². The SMILES string of the molecule is C/C=C(\C=C/CC)C(OCCN(CCC)CCC)c1ccccc1. The minimum absolute atomic E-state index is 0.0177. The molecule has 0 spiro atoms. The molecule has 0 heterocycles. The minimum Gasteiger partial charge on any atom is -0.367 e. The van der Waals surface area contributed by atoms with Crippen LogP contribution in [0.25, 0.3) is 0 Å². The van der Waals surface area contributed by atoms with Gasteiger partial charge in [-0.15, -0.1) is 0 Å². The Kier molecular flexibility index (Phi) is 11.2. The van der Waals surface area contributed by atoms with E-state index in [2.05, 4.69) is 81.2 Å². The number of rotatable bonds is 12. The molecule has 2 nitrogen and oxygen atoms in total. The van der Waals surface area contributed by atoms with Crippen molar-refractivity contribution in [3.8, 4) is 0 Å². The summed E-state index contributed by atoms with van der Waals surface area (Å²) in [6.45, 7) is 12.8. The first-order chi connectivity index (χ1) is 11.8. The Morgan fingerprint density at radius 3 is 2.25 bits per heavy atom. The van der Waals surface area contributed by atoms with Gasteiger partial charge in [-0.25, -0.2) is 0 Å². The first-order valence-corrected chi connectivity index (χ1v) is 9.48. The minimum atomic E-state index is 0.0177. The zero-order valence-electron chi connectivity index (χ0n) is 16.0. The van der Waals surface area contributed by atoms with Crippen LogP contribution in [0.3, 0.4) is 0 Å². The molecule has 24 heavy (non-hydrogen) atoms. The molecule has 1 atom stereocenters. The lowest BCUT2D eigenvalue weighted by Crippen LogP contribution is -2.29. The summed E-state index contributed by atoms with van der Waals surface area (Å²) < 4.78 is 6.34. The van der Waals surface area contributed by atoms with Crippen LogP contribution in [-0.4, -0.2) is 31.1 Å². The highest BCUT2D eigenvalue weighted by molar-refractivity contribution is 5.32. The van der Waals surface area contributed by atoms with Gasteiger partial charge in [0.25, 0.3) is 0 Å². The predicted molar refractivity (Wildman–Crippen MR) is 105 cm³/mol. The van der Waals surface area contributed by atoms with E-state index in [1.165, 1.54) is 24.0 Å². The number of hydrogen-bond acceptors (Lipinski definition) is 2. The third-order valence-corrected chi connectivity index (χ3v) is 4.06. The second-order valence-electron chi connectivity index (χ2n) is 6.10. The summed E-state index contributed by atoms with van der Waals surface area (Å²) in [5.74, 6) is 0. The molecule has 0 bridgehead atoms. The summed E-state index contributed by atoms with van der Waals surface area (Å²) in [5, 5.41) is 0. The van der Waals surface area contributed by atoms with Crippen LogP contribution in [0.4, 0.5) is 0 Å². The third-order valence-electron chi connectivity index (χ3n) is 4.06. The van der Waals surface area contributed by atoms with E-state index in [-0.39, 0.29) is 6.10 Å². The molecule has 1 unspecified atom stereocenters. The Balaban J connectivity index is 2.77. The molecular formula is C22H35NO. The summed E-state index contributed by atoms with van der Waals surface area (Å²) in [7, 11) is 0. The lowest BCUT2D eigenvalue weighted by molar-refractivity contribution is 0.0593. The smallest absolute Gasteiger partial charge is 0.107 e. The highest BCUT2D eigenvalue weighted by Gasteiger charge is 2.15. The van der Waals surface area contributed by atoms with Crippen molar-refractivity contribution in [1.82, 2.24) is 4.90 Å². The van der Waals surface area contributed by atoms with Gasteiger partial charge in [-0.05, 0) is 50.4 Å². The van der Waals surface area contributed by atoms with Crippen molar-refractivity contribution in [2.75, 3.05) is 26.2 Å². The van der Waals surface area contributed by atoms with E-state index < -0.39 is 0 Å². The highest BCUT2D eigenvalue weighted by Crippen LogP contribution is 2.27. The largest absolute Gasteiger partial charge is 0.367 e. The van der Waals surface area contributed by atoms with Crippen LogP contribution in [0.5, 0.6) is 0 Å². The Morgan fingerprint density at radius 2 is 1.71 bits per heavy atom. The number of nitrogens with zero attached hydrogens (tertiary/aromatic N) is 1. The second-order valence-corrected chi connectivity index (χ2v) is 6.10. The van der Waals surface area contributed by atoms with Crippen molar-refractivity contribution in [2.45, 2.75) is 53.1 Å². The molecule has 0 N–H and O–H groups in total. The Bertz CT molecular complexity index is 472. The summed E-state index contributed by atoms with van der Waals surface area (Å²) in [6.07, 6.45) is 10.0. The number of allylic oxidation sites excluding steroid dienone is 2. The van der Waals surface area contributed by atoms with Crippen molar-refractivity contribution in [2.24, 2.45) is 0 Å². The van der Waals surface area contributed by atoms with Crippen LogP contribution in [-0.2, 0) is 4.74 Å². The summed E-state index contributed by atoms with van der Waals surface area (Å²) >= 11 is 0. The molecule has 0 fully saturated rings. The van der Waals surface area contributed by atoms with Crippen LogP contribution in [0.15, 0.2) is 54.1 Å². The van der Waals surface area contributed by atoms with Gasteiger partial charge in [0.1, 0.15) is 6.10 Å².